The van der Waals surface area contributed by atoms with Gasteiger partial charge in [-0.3, -0.25) is 4.99 Å². The summed E-state index contributed by atoms with van der Waals surface area (Å²) in [6, 6.07) is 12.1. The molecule has 0 unspecified atom stereocenters. The van der Waals surface area contributed by atoms with E-state index in [0.717, 1.165) is 31.3 Å². The molecule has 0 aliphatic rings. The van der Waals surface area contributed by atoms with E-state index in [1.54, 1.807) is 0 Å². The van der Waals surface area contributed by atoms with Gasteiger partial charge in [-0.05, 0) is 38.1 Å². The molecular weight excluding hydrogens is 415 g/mol. The number of aryl methyl sites for hydroxylation is 1. The molecule has 1 aromatic carbocycles. The predicted molar refractivity (Wildman–Crippen MR) is 111 cm³/mol. The summed E-state index contributed by atoms with van der Waals surface area (Å²) in [4.78, 5) is 4.56. The molecule has 2 N–H and O–H groups in total. The Morgan fingerprint density at radius 2 is 1.83 bits per heavy atom. The predicted octanol–water partition coefficient (Wildman–Crippen LogP) is 3.05. The van der Waals surface area contributed by atoms with Gasteiger partial charge in [0.1, 0.15) is 12.4 Å². The Labute approximate surface area is 161 Å². The van der Waals surface area contributed by atoms with Crippen LogP contribution in [0.3, 0.4) is 0 Å². The topological polar surface area (TPSA) is 50.6 Å². The Hall–Kier alpha value is -1.70. The lowest BCUT2D eigenvalue weighted by atomic mass is 10.2. The fourth-order valence-electron chi connectivity index (χ4n) is 2.11. The van der Waals surface area contributed by atoms with Crippen LogP contribution in [0.25, 0.3) is 0 Å². The molecule has 5 nitrogen and oxygen atoms in total. The van der Waals surface area contributed by atoms with Crippen LogP contribution >= 0.6 is 24.0 Å². The first-order valence-corrected chi connectivity index (χ1v) is 8.10. The second kappa shape index (κ2) is 11.8. The quantitative estimate of drug-likeness (QED) is 0.286. The number of halogens is 1. The minimum absolute atomic E-state index is 0. The number of nitrogens with zero attached hydrogens (tertiary/aromatic N) is 2. The number of ether oxygens (including phenoxy) is 1. The van der Waals surface area contributed by atoms with E-state index in [9.17, 15) is 0 Å². The molecule has 0 saturated heterocycles. The molecule has 24 heavy (non-hydrogen) atoms. The SMILES string of the molecule is CCNC(=NCCn1cccc1)NCCOc1ccc(C)cc1.I. The normalized spacial score (nSPS) is 10.8. The third kappa shape index (κ3) is 7.72. The highest BCUT2D eigenvalue weighted by Crippen LogP contribution is 2.10. The number of nitrogens with one attached hydrogen (secondary N) is 2. The molecule has 0 bridgehead atoms. The molecule has 0 amide bonds. The molecule has 1 aromatic heterocycles. The van der Waals surface area contributed by atoms with Gasteiger partial charge in [0.05, 0.1) is 13.1 Å². The highest BCUT2D eigenvalue weighted by atomic mass is 127. The number of hydrogen-bond acceptors (Lipinski definition) is 2. The minimum Gasteiger partial charge on any atom is -0.492 e. The summed E-state index contributed by atoms with van der Waals surface area (Å²) in [6.45, 7) is 7.90. The first-order valence-electron chi connectivity index (χ1n) is 8.10. The van der Waals surface area contributed by atoms with Gasteiger partial charge in [-0.1, -0.05) is 17.7 Å². The summed E-state index contributed by atoms with van der Waals surface area (Å²) in [5, 5.41) is 6.53. The van der Waals surface area contributed by atoms with Crippen LogP contribution in [0.1, 0.15) is 12.5 Å². The third-order valence-corrected chi connectivity index (χ3v) is 3.32. The van der Waals surface area contributed by atoms with Gasteiger partial charge in [0.2, 0.25) is 0 Å². The maximum Gasteiger partial charge on any atom is 0.191 e. The van der Waals surface area contributed by atoms with Crippen molar-refractivity contribution in [3.05, 3.63) is 54.4 Å². The Morgan fingerprint density at radius 1 is 1.12 bits per heavy atom. The molecule has 2 aromatic rings. The van der Waals surface area contributed by atoms with E-state index >= 15 is 0 Å². The highest BCUT2D eigenvalue weighted by molar-refractivity contribution is 14.0. The summed E-state index contributed by atoms with van der Waals surface area (Å²) in [5.74, 6) is 1.72. The van der Waals surface area contributed by atoms with Gasteiger partial charge in [-0.15, -0.1) is 24.0 Å². The molecule has 0 aliphatic carbocycles. The number of rotatable bonds is 8. The zero-order valence-electron chi connectivity index (χ0n) is 14.4. The van der Waals surface area contributed by atoms with Crippen molar-refractivity contribution in [1.29, 1.82) is 0 Å². The smallest absolute Gasteiger partial charge is 0.191 e. The maximum atomic E-state index is 5.70. The first-order chi connectivity index (χ1) is 11.3. The van der Waals surface area contributed by atoms with Crippen molar-refractivity contribution >= 4 is 29.9 Å². The number of guanidine groups is 1. The summed E-state index contributed by atoms with van der Waals surface area (Å²) in [6.07, 6.45) is 4.09. The Morgan fingerprint density at radius 3 is 2.50 bits per heavy atom. The first kappa shape index (κ1) is 20.3. The van der Waals surface area contributed by atoms with Crippen LogP contribution in [0.15, 0.2) is 53.8 Å². The van der Waals surface area contributed by atoms with Gasteiger partial charge in [-0.25, -0.2) is 0 Å². The van der Waals surface area contributed by atoms with Crippen molar-refractivity contribution in [2.24, 2.45) is 4.99 Å². The summed E-state index contributed by atoms with van der Waals surface area (Å²) in [7, 11) is 0. The van der Waals surface area contributed by atoms with E-state index in [1.165, 1.54) is 5.56 Å². The van der Waals surface area contributed by atoms with E-state index in [1.807, 2.05) is 36.7 Å². The van der Waals surface area contributed by atoms with Gasteiger partial charge in [0.15, 0.2) is 5.96 Å². The molecule has 0 aliphatic heterocycles. The molecular formula is C18H27IN4O. The van der Waals surface area contributed by atoms with Crippen molar-refractivity contribution in [3.63, 3.8) is 0 Å². The monoisotopic (exact) mass is 442 g/mol. The Kier molecular flexibility index (Phi) is 9.98. The van der Waals surface area contributed by atoms with Gasteiger partial charge in [-0.2, -0.15) is 0 Å². The van der Waals surface area contributed by atoms with Crippen LogP contribution in [0.2, 0.25) is 0 Å². The van der Waals surface area contributed by atoms with Crippen LogP contribution in [-0.4, -0.2) is 36.8 Å². The van der Waals surface area contributed by atoms with Crippen LogP contribution in [-0.2, 0) is 6.54 Å². The summed E-state index contributed by atoms with van der Waals surface area (Å²) in [5.41, 5.74) is 1.24. The fourth-order valence-corrected chi connectivity index (χ4v) is 2.11. The molecule has 0 fully saturated rings. The van der Waals surface area contributed by atoms with Crippen molar-refractivity contribution in [3.8, 4) is 5.75 Å². The van der Waals surface area contributed by atoms with E-state index in [2.05, 4.69) is 46.2 Å². The largest absolute Gasteiger partial charge is 0.492 e. The summed E-state index contributed by atoms with van der Waals surface area (Å²) >= 11 is 0. The number of hydrogen-bond donors (Lipinski definition) is 2. The molecule has 0 radical (unpaired) electrons. The molecule has 132 valence electrons. The van der Waals surface area contributed by atoms with Gasteiger partial charge < -0.3 is 19.9 Å². The lowest BCUT2D eigenvalue weighted by molar-refractivity contribution is 0.322. The van der Waals surface area contributed by atoms with Crippen molar-refractivity contribution in [2.45, 2.75) is 20.4 Å². The van der Waals surface area contributed by atoms with E-state index in [-0.39, 0.29) is 24.0 Å². The van der Waals surface area contributed by atoms with E-state index in [4.69, 9.17) is 4.74 Å². The second-order valence-corrected chi connectivity index (χ2v) is 5.27. The van der Waals surface area contributed by atoms with Gasteiger partial charge in [0.25, 0.3) is 0 Å². The molecule has 6 heteroatoms. The lowest BCUT2D eigenvalue weighted by Gasteiger charge is -2.12. The molecule has 1 heterocycles. The second-order valence-electron chi connectivity index (χ2n) is 5.27. The number of benzene rings is 1. The van der Waals surface area contributed by atoms with Gasteiger partial charge in [0, 0.05) is 25.5 Å². The van der Waals surface area contributed by atoms with Gasteiger partial charge >= 0.3 is 0 Å². The number of aliphatic imine (C=N–C) groups is 1. The highest BCUT2D eigenvalue weighted by Gasteiger charge is 1.98. The van der Waals surface area contributed by atoms with Crippen molar-refractivity contribution < 1.29 is 4.74 Å². The fraction of sp³-hybridized carbons (Fsp3) is 0.389. The number of aromatic nitrogens is 1. The molecule has 0 atom stereocenters. The minimum atomic E-state index is 0. The standard InChI is InChI=1S/C18H26N4O.HI/c1-3-19-18(20-10-14-22-12-4-5-13-22)21-11-15-23-17-8-6-16(2)7-9-17;/h4-9,12-13H,3,10-11,14-15H2,1-2H3,(H2,19,20,21);1H. The average Bonchev–Trinajstić information content (AvgIpc) is 3.06. The lowest BCUT2D eigenvalue weighted by Crippen LogP contribution is -2.39. The molecule has 2 rings (SSSR count). The molecule has 0 saturated carbocycles. The van der Waals surface area contributed by atoms with E-state index < -0.39 is 0 Å². The van der Waals surface area contributed by atoms with Crippen molar-refractivity contribution in [1.82, 2.24) is 15.2 Å². The van der Waals surface area contributed by atoms with Crippen LogP contribution in [0.4, 0.5) is 0 Å². The third-order valence-electron chi connectivity index (χ3n) is 3.32. The van der Waals surface area contributed by atoms with Crippen LogP contribution in [0, 0.1) is 6.92 Å². The van der Waals surface area contributed by atoms with Crippen LogP contribution < -0.4 is 15.4 Å². The zero-order valence-corrected chi connectivity index (χ0v) is 16.7. The van der Waals surface area contributed by atoms with Crippen LogP contribution in [0.5, 0.6) is 5.75 Å². The van der Waals surface area contributed by atoms with Crippen molar-refractivity contribution in [2.75, 3.05) is 26.2 Å². The summed E-state index contributed by atoms with van der Waals surface area (Å²) < 4.78 is 7.82. The Bertz CT molecular complexity index is 582. The maximum absolute atomic E-state index is 5.70. The zero-order chi connectivity index (χ0) is 16.3. The van der Waals surface area contributed by atoms with E-state index in [0.29, 0.717) is 13.2 Å². The average molecular weight is 442 g/mol. The molecule has 0 spiro atoms. The Balaban J connectivity index is 0.00000288.